The third kappa shape index (κ3) is 7.34. The molecule has 2 aromatic carbocycles. The smallest absolute Gasteiger partial charge is 0.306 e. The zero-order chi connectivity index (χ0) is 22.1. The van der Waals surface area contributed by atoms with Crippen molar-refractivity contribution in [2.75, 3.05) is 17.2 Å². The van der Waals surface area contributed by atoms with Crippen molar-refractivity contribution >= 4 is 34.8 Å². The molecule has 0 aliphatic rings. The average molecular weight is 413 g/mol. The fourth-order valence-electron chi connectivity index (χ4n) is 2.52. The topological polar surface area (TPSA) is 128 Å². The second-order valence-electron chi connectivity index (χ2n) is 6.71. The molecule has 0 spiro atoms. The maximum Gasteiger partial charge on any atom is 0.306 e. The molecule has 0 saturated carbocycles. The standard InChI is InChI=1S/C21H23N3O6/c1-14-6-7-17(12-15(14)2)23-20(26)13-30-21(27)5-3-4-19(25)22-16-8-10-18(11-9-16)24(28)29/h6-12H,3-5,13H2,1-2H3,(H,22,25)(H,23,26). The number of benzene rings is 2. The summed E-state index contributed by atoms with van der Waals surface area (Å²) in [5.74, 6) is -1.35. The molecular formula is C21H23N3O6. The van der Waals surface area contributed by atoms with Crippen LogP contribution in [0.3, 0.4) is 0 Å². The molecular weight excluding hydrogens is 390 g/mol. The van der Waals surface area contributed by atoms with Crippen molar-refractivity contribution in [3.05, 3.63) is 63.7 Å². The zero-order valence-electron chi connectivity index (χ0n) is 16.8. The first kappa shape index (κ1) is 22.5. The van der Waals surface area contributed by atoms with E-state index in [4.69, 9.17) is 4.74 Å². The number of nitro benzene ring substituents is 1. The van der Waals surface area contributed by atoms with Gasteiger partial charge in [0.25, 0.3) is 11.6 Å². The first-order valence-electron chi connectivity index (χ1n) is 9.31. The average Bonchev–Trinajstić information content (AvgIpc) is 2.69. The number of nitrogens with one attached hydrogen (secondary N) is 2. The van der Waals surface area contributed by atoms with E-state index in [2.05, 4.69) is 10.6 Å². The molecule has 2 rings (SSSR count). The highest BCUT2D eigenvalue weighted by atomic mass is 16.6. The van der Waals surface area contributed by atoms with Crippen molar-refractivity contribution < 1.29 is 24.0 Å². The molecule has 9 nitrogen and oxygen atoms in total. The number of carbonyl (C=O) groups is 3. The lowest BCUT2D eigenvalue weighted by Gasteiger charge is -2.08. The van der Waals surface area contributed by atoms with Crippen LogP contribution in [0.5, 0.6) is 0 Å². The highest BCUT2D eigenvalue weighted by Gasteiger charge is 2.11. The van der Waals surface area contributed by atoms with Gasteiger partial charge in [-0.2, -0.15) is 0 Å². The van der Waals surface area contributed by atoms with Crippen molar-refractivity contribution in [2.24, 2.45) is 0 Å². The van der Waals surface area contributed by atoms with Crippen LogP contribution in [0.15, 0.2) is 42.5 Å². The first-order chi connectivity index (χ1) is 14.2. The number of aryl methyl sites for hydroxylation is 2. The van der Waals surface area contributed by atoms with Gasteiger partial charge in [0.2, 0.25) is 5.91 Å². The summed E-state index contributed by atoms with van der Waals surface area (Å²) in [6, 6.07) is 10.9. The number of carbonyl (C=O) groups excluding carboxylic acids is 3. The van der Waals surface area contributed by atoms with Gasteiger partial charge in [0, 0.05) is 36.3 Å². The largest absolute Gasteiger partial charge is 0.456 e. The molecule has 0 saturated heterocycles. The van der Waals surface area contributed by atoms with E-state index in [0.717, 1.165) is 11.1 Å². The van der Waals surface area contributed by atoms with Crippen LogP contribution in [0.4, 0.5) is 17.1 Å². The van der Waals surface area contributed by atoms with E-state index in [1.165, 1.54) is 24.3 Å². The fourth-order valence-corrected chi connectivity index (χ4v) is 2.52. The van der Waals surface area contributed by atoms with Crippen molar-refractivity contribution in [1.82, 2.24) is 0 Å². The van der Waals surface area contributed by atoms with E-state index >= 15 is 0 Å². The molecule has 0 radical (unpaired) electrons. The maximum absolute atomic E-state index is 11.9. The Balaban J connectivity index is 1.65. The molecule has 0 heterocycles. The van der Waals surface area contributed by atoms with Gasteiger partial charge in [0.15, 0.2) is 6.61 Å². The lowest BCUT2D eigenvalue weighted by atomic mass is 10.1. The van der Waals surface area contributed by atoms with Gasteiger partial charge >= 0.3 is 5.97 Å². The Bertz CT molecular complexity index is 940. The zero-order valence-corrected chi connectivity index (χ0v) is 16.8. The van der Waals surface area contributed by atoms with Gasteiger partial charge in [-0.25, -0.2) is 0 Å². The van der Waals surface area contributed by atoms with Crippen LogP contribution in [0.2, 0.25) is 0 Å². The minimum Gasteiger partial charge on any atom is -0.456 e. The van der Waals surface area contributed by atoms with Crippen molar-refractivity contribution in [2.45, 2.75) is 33.1 Å². The normalized spacial score (nSPS) is 10.2. The van der Waals surface area contributed by atoms with E-state index in [1.807, 2.05) is 26.0 Å². The summed E-state index contributed by atoms with van der Waals surface area (Å²) in [7, 11) is 0. The van der Waals surface area contributed by atoms with E-state index in [9.17, 15) is 24.5 Å². The Morgan fingerprint density at radius 1 is 0.900 bits per heavy atom. The Morgan fingerprint density at radius 3 is 2.17 bits per heavy atom. The monoisotopic (exact) mass is 413 g/mol. The van der Waals surface area contributed by atoms with Gasteiger partial charge in [-0.05, 0) is 55.7 Å². The van der Waals surface area contributed by atoms with Crippen molar-refractivity contribution in [1.29, 1.82) is 0 Å². The second kappa shape index (κ2) is 10.7. The number of hydrogen-bond acceptors (Lipinski definition) is 6. The Morgan fingerprint density at radius 2 is 1.53 bits per heavy atom. The predicted molar refractivity (Wildman–Crippen MR) is 111 cm³/mol. The number of non-ortho nitro benzene ring substituents is 1. The molecule has 2 aromatic rings. The molecule has 0 aliphatic heterocycles. The highest BCUT2D eigenvalue weighted by molar-refractivity contribution is 5.93. The molecule has 0 bridgehead atoms. The molecule has 0 atom stereocenters. The Labute approximate surface area is 173 Å². The number of amides is 2. The lowest BCUT2D eigenvalue weighted by molar-refractivity contribution is -0.384. The second-order valence-corrected chi connectivity index (χ2v) is 6.71. The van der Waals surface area contributed by atoms with E-state index in [-0.39, 0.29) is 30.9 Å². The van der Waals surface area contributed by atoms with Crippen LogP contribution in [0.25, 0.3) is 0 Å². The summed E-state index contributed by atoms with van der Waals surface area (Å²) in [6.07, 6.45) is 0.307. The third-order valence-corrected chi connectivity index (χ3v) is 4.30. The first-order valence-corrected chi connectivity index (χ1v) is 9.31. The Kier molecular flexibility index (Phi) is 8.04. The van der Waals surface area contributed by atoms with Gasteiger partial charge in [0.1, 0.15) is 0 Å². The molecule has 9 heteroatoms. The molecule has 158 valence electrons. The van der Waals surface area contributed by atoms with E-state index in [0.29, 0.717) is 11.4 Å². The molecule has 0 aromatic heterocycles. The molecule has 2 N–H and O–H groups in total. The number of hydrogen-bond donors (Lipinski definition) is 2. The summed E-state index contributed by atoms with van der Waals surface area (Å²) in [4.78, 5) is 45.6. The fraction of sp³-hybridized carbons (Fsp3) is 0.286. The molecule has 0 aliphatic carbocycles. The SMILES string of the molecule is Cc1ccc(NC(=O)COC(=O)CCCC(=O)Nc2ccc([N+](=O)[O-])cc2)cc1C. The van der Waals surface area contributed by atoms with Crippen LogP contribution in [0.1, 0.15) is 30.4 Å². The van der Waals surface area contributed by atoms with Gasteiger partial charge in [0.05, 0.1) is 4.92 Å². The summed E-state index contributed by atoms with van der Waals surface area (Å²) < 4.78 is 4.92. The van der Waals surface area contributed by atoms with Gasteiger partial charge in [-0.3, -0.25) is 24.5 Å². The van der Waals surface area contributed by atoms with Gasteiger partial charge in [-0.1, -0.05) is 6.07 Å². The number of esters is 1. The molecule has 0 fully saturated rings. The third-order valence-electron chi connectivity index (χ3n) is 4.30. The summed E-state index contributed by atoms with van der Waals surface area (Å²) in [5, 5.41) is 15.8. The maximum atomic E-state index is 11.9. The summed E-state index contributed by atoms with van der Waals surface area (Å²) in [5.41, 5.74) is 3.13. The van der Waals surface area contributed by atoms with Crippen LogP contribution >= 0.6 is 0 Å². The number of anilines is 2. The van der Waals surface area contributed by atoms with E-state index in [1.54, 1.807) is 6.07 Å². The van der Waals surface area contributed by atoms with Crippen molar-refractivity contribution in [3.8, 4) is 0 Å². The molecule has 30 heavy (non-hydrogen) atoms. The lowest BCUT2D eigenvalue weighted by Crippen LogP contribution is -2.21. The minimum atomic E-state index is -0.576. The quantitative estimate of drug-likeness (QED) is 0.368. The highest BCUT2D eigenvalue weighted by Crippen LogP contribution is 2.16. The molecule has 0 unspecified atom stereocenters. The summed E-state index contributed by atoms with van der Waals surface area (Å²) in [6.45, 7) is 3.50. The predicted octanol–water partition coefficient (Wildman–Crippen LogP) is 3.50. The Hall–Kier alpha value is -3.75. The number of nitrogens with zero attached hydrogens (tertiary/aromatic N) is 1. The number of ether oxygens (including phenoxy) is 1. The van der Waals surface area contributed by atoms with Crippen LogP contribution < -0.4 is 10.6 Å². The van der Waals surface area contributed by atoms with Crippen LogP contribution in [0, 0.1) is 24.0 Å². The minimum absolute atomic E-state index is 0.00932. The van der Waals surface area contributed by atoms with Crippen LogP contribution in [-0.2, 0) is 19.1 Å². The number of nitro groups is 1. The van der Waals surface area contributed by atoms with Crippen molar-refractivity contribution in [3.63, 3.8) is 0 Å². The summed E-state index contributed by atoms with van der Waals surface area (Å²) >= 11 is 0. The van der Waals surface area contributed by atoms with E-state index < -0.39 is 23.4 Å². The molecule has 2 amide bonds. The van der Waals surface area contributed by atoms with Crippen LogP contribution in [-0.4, -0.2) is 29.3 Å². The van der Waals surface area contributed by atoms with Gasteiger partial charge < -0.3 is 15.4 Å². The number of rotatable bonds is 9. The van der Waals surface area contributed by atoms with Gasteiger partial charge in [-0.15, -0.1) is 0 Å².